The number of thioether (sulfide) groups is 1. The van der Waals surface area contributed by atoms with Crippen molar-refractivity contribution in [1.82, 2.24) is 4.98 Å². The van der Waals surface area contributed by atoms with Gasteiger partial charge in [-0.3, -0.25) is 14.4 Å². The fraction of sp³-hybridized carbons (Fsp3) is 0.364. The molecule has 32 heavy (non-hydrogen) atoms. The number of halogens is 1. The van der Waals surface area contributed by atoms with Gasteiger partial charge in [0.05, 0.1) is 6.20 Å². The lowest BCUT2D eigenvalue weighted by molar-refractivity contribution is -0.236. The van der Waals surface area contributed by atoms with Crippen molar-refractivity contribution < 1.29 is 38.8 Å². The highest BCUT2D eigenvalue weighted by atomic mass is 32.2. The number of carbonyl (C=O) groups excluding carboxylic acids is 3. The normalized spacial score (nSPS) is 29.9. The molecule has 0 unspecified atom stereocenters. The molecule has 2 heterocycles. The van der Waals surface area contributed by atoms with Gasteiger partial charge in [-0.1, -0.05) is 30.3 Å². The molecule has 170 valence electrons. The molecule has 0 spiro atoms. The molecule has 2 aromatic rings. The molecule has 0 saturated carbocycles. The van der Waals surface area contributed by atoms with Gasteiger partial charge in [0, 0.05) is 17.4 Å². The van der Waals surface area contributed by atoms with Crippen molar-refractivity contribution in [1.29, 1.82) is 0 Å². The lowest BCUT2D eigenvalue weighted by atomic mass is 9.65. The van der Waals surface area contributed by atoms with Crippen LogP contribution in [-0.4, -0.2) is 65.6 Å². The molecule has 1 saturated heterocycles. The number of Topliss-reactive ketones (excluding diaryl/α,β-unsaturated/α-hetero) is 3. The van der Waals surface area contributed by atoms with E-state index >= 15 is 0 Å². The van der Waals surface area contributed by atoms with Gasteiger partial charge in [0.25, 0.3) is 0 Å². The minimum Gasteiger partial charge on any atom is -0.474 e. The van der Waals surface area contributed by atoms with Crippen molar-refractivity contribution in [2.24, 2.45) is 0 Å². The maximum absolute atomic E-state index is 14.7. The second-order valence-electron chi connectivity index (χ2n) is 7.63. The molecule has 4 atom stereocenters. The van der Waals surface area contributed by atoms with Gasteiger partial charge < -0.3 is 20.1 Å². The molecule has 8 nitrogen and oxygen atoms in total. The largest absolute Gasteiger partial charge is 0.474 e. The van der Waals surface area contributed by atoms with E-state index in [0.717, 1.165) is 33.0 Å². The zero-order valence-electron chi connectivity index (χ0n) is 17.5. The van der Waals surface area contributed by atoms with E-state index < -0.39 is 51.2 Å². The number of pyridine rings is 1. The Morgan fingerprint density at radius 1 is 1.06 bits per heavy atom. The van der Waals surface area contributed by atoms with Gasteiger partial charge in [0.15, 0.2) is 39.8 Å². The molecule has 1 fully saturated rings. The Hall–Kier alpha value is -2.66. The van der Waals surface area contributed by atoms with Gasteiger partial charge in [0.2, 0.25) is 5.60 Å². The third-order valence-electron chi connectivity index (χ3n) is 5.67. The van der Waals surface area contributed by atoms with E-state index in [1.165, 1.54) is 0 Å². The predicted octanol–water partition coefficient (Wildman–Crippen LogP) is 1.30. The molecular weight excluding hydrogens is 441 g/mol. The van der Waals surface area contributed by atoms with Crippen LogP contribution in [0.3, 0.4) is 0 Å². The van der Waals surface area contributed by atoms with Gasteiger partial charge in [0.1, 0.15) is 11.4 Å². The molecule has 1 aromatic heterocycles. The van der Waals surface area contributed by atoms with E-state index in [0.29, 0.717) is 17.3 Å². The first kappa shape index (κ1) is 24.0. The monoisotopic (exact) mass is 463 g/mol. The van der Waals surface area contributed by atoms with Crippen molar-refractivity contribution in [3.63, 3.8) is 0 Å². The van der Waals surface area contributed by atoms with Crippen LogP contribution in [0.1, 0.15) is 20.8 Å². The number of hydrogen-bond donors (Lipinski definition) is 3. The van der Waals surface area contributed by atoms with Crippen LogP contribution < -0.4 is 4.74 Å². The molecular formula is C22H22FNO7S. The molecule has 1 aliphatic rings. The molecule has 3 rings (SSSR count). The average molecular weight is 463 g/mol. The van der Waals surface area contributed by atoms with Crippen molar-refractivity contribution >= 4 is 29.1 Å². The van der Waals surface area contributed by atoms with Gasteiger partial charge in [-0.15, -0.1) is 11.8 Å². The van der Waals surface area contributed by atoms with Crippen LogP contribution in [0.25, 0.3) is 11.3 Å². The first-order valence-corrected chi connectivity index (χ1v) is 10.6. The van der Waals surface area contributed by atoms with Gasteiger partial charge in [-0.2, -0.15) is 0 Å². The molecule has 10 heteroatoms. The second kappa shape index (κ2) is 8.36. The van der Waals surface area contributed by atoms with Crippen LogP contribution in [0.4, 0.5) is 4.39 Å². The van der Waals surface area contributed by atoms with Gasteiger partial charge in [-0.25, -0.2) is 9.37 Å². The zero-order valence-corrected chi connectivity index (χ0v) is 18.4. The summed E-state index contributed by atoms with van der Waals surface area (Å²) >= 11 is 0.628. The Morgan fingerprint density at radius 3 is 2.19 bits per heavy atom. The summed E-state index contributed by atoms with van der Waals surface area (Å²) in [6.07, 6.45) is 1.16. The van der Waals surface area contributed by atoms with Crippen LogP contribution >= 0.6 is 11.8 Å². The Bertz CT molecular complexity index is 1080. The molecule has 0 aliphatic carbocycles. The SMILES string of the molecule is CC(=O)[C@]1(O)[C@@](O)(C(C)=O)CS[C@H](Oc2cnc(-c3ccccc3)c(F)c2)[C@@]1(O)C(C)=O. The topological polar surface area (TPSA) is 134 Å². The quantitative estimate of drug-likeness (QED) is 0.579. The molecule has 0 bridgehead atoms. The number of carbonyl (C=O) groups is 3. The highest BCUT2D eigenvalue weighted by molar-refractivity contribution is 8.00. The summed E-state index contributed by atoms with van der Waals surface area (Å²) in [5.74, 6) is -4.84. The molecule has 0 amide bonds. The smallest absolute Gasteiger partial charge is 0.208 e. The van der Waals surface area contributed by atoms with Crippen LogP contribution in [0.15, 0.2) is 42.6 Å². The standard InChI is InChI=1S/C22H22FNO7S/c1-12(25)20(28)11-32-19(21(29,13(2)26)22(20,30)14(3)27)31-16-9-17(23)18(24-10-16)15-7-5-4-6-8-15/h4-10,19,28-30H,11H2,1-3H3/t19-,20-,21-,22-/m0/s1. The summed E-state index contributed by atoms with van der Waals surface area (Å²) in [7, 11) is 0. The molecule has 1 aliphatic heterocycles. The fourth-order valence-electron chi connectivity index (χ4n) is 3.78. The summed E-state index contributed by atoms with van der Waals surface area (Å²) in [4.78, 5) is 41.1. The predicted molar refractivity (Wildman–Crippen MR) is 113 cm³/mol. The van der Waals surface area contributed by atoms with E-state index in [1.807, 2.05) is 0 Å². The number of hydrogen-bond acceptors (Lipinski definition) is 9. The molecule has 1 aromatic carbocycles. The van der Waals surface area contributed by atoms with Crippen LogP contribution in [-0.2, 0) is 14.4 Å². The first-order chi connectivity index (χ1) is 14.9. The van der Waals surface area contributed by atoms with E-state index in [2.05, 4.69) is 4.98 Å². The maximum atomic E-state index is 14.7. The van der Waals surface area contributed by atoms with Crippen LogP contribution in [0.5, 0.6) is 5.75 Å². The lowest BCUT2D eigenvalue weighted by Crippen LogP contribution is -2.82. The Labute approximate surface area is 187 Å². The highest BCUT2D eigenvalue weighted by Crippen LogP contribution is 2.49. The first-order valence-electron chi connectivity index (χ1n) is 9.59. The second-order valence-corrected chi connectivity index (χ2v) is 8.68. The number of nitrogens with zero attached hydrogens (tertiary/aromatic N) is 1. The summed E-state index contributed by atoms with van der Waals surface area (Å²) in [6.45, 7) is 2.65. The van der Waals surface area contributed by atoms with Crippen molar-refractivity contribution in [2.45, 2.75) is 43.0 Å². The Kier molecular flexibility index (Phi) is 6.27. The van der Waals surface area contributed by atoms with E-state index in [4.69, 9.17) is 4.74 Å². The number of aliphatic hydroxyl groups is 3. The number of ether oxygens (including phenoxy) is 1. The third-order valence-corrected chi connectivity index (χ3v) is 6.99. The van der Waals surface area contributed by atoms with Crippen LogP contribution in [0.2, 0.25) is 0 Å². The maximum Gasteiger partial charge on any atom is 0.208 e. The van der Waals surface area contributed by atoms with Crippen LogP contribution in [0, 0.1) is 5.82 Å². The average Bonchev–Trinajstić information content (AvgIpc) is 2.74. The summed E-state index contributed by atoms with van der Waals surface area (Å²) < 4.78 is 20.3. The zero-order chi connectivity index (χ0) is 23.9. The molecule has 0 radical (unpaired) electrons. The molecule has 3 N–H and O–H groups in total. The summed E-state index contributed by atoms with van der Waals surface area (Å²) in [6, 6.07) is 9.49. The fourth-order valence-corrected chi connectivity index (χ4v) is 5.34. The van der Waals surface area contributed by atoms with Gasteiger partial charge >= 0.3 is 0 Å². The van der Waals surface area contributed by atoms with Crippen molar-refractivity contribution in [3.8, 4) is 17.0 Å². The van der Waals surface area contributed by atoms with E-state index in [-0.39, 0.29) is 11.4 Å². The highest BCUT2D eigenvalue weighted by Gasteiger charge is 2.75. The number of ketones is 3. The number of benzene rings is 1. The third kappa shape index (κ3) is 3.43. The van der Waals surface area contributed by atoms with Gasteiger partial charge in [-0.05, 0) is 20.8 Å². The summed E-state index contributed by atoms with van der Waals surface area (Å²) in [5.41, 5.74) is -10.1. The van der Waals surface area contributed by atoms with E-state index in [9.17, 15) is 34.1 Å². The summed E-state index contributed by atoms with van der Waals surface area (Å²) in [5, 5.41) is 33.2. The van der Waals surface area contributed by atoms with Crippen molar-refractivity contribution in [3.05, 3.63) is 48.4 Å². The Morgan fingerprint density at radius 2 is 1.69 bits per heavy atom. The Balaban J connectivity index is 2.03. The van der Waals surface area contributed by atoms with E-state index in [1.54, 1.807) is 30.3 Å². The number of rotatable bonds is 6. The minimum atomic E-state index is -3.19. The minimum absolute atomic E-state index is 0.0438. The van der Waals surface area contributed by atoms with Crippen molar-refractivity contribution in [2.75, 3.05) is 5.75 Å². The lowest BCUT2D eigenvalue weighted by Gasteiger charge is -2.54. The number of aromatic nitrogens is 1.